The summed E-state index contributed by atoms with van der Waals surface area (Å²) in [5, 5.41) is 35.4. The van der Waals surface area contributed by atoms with Gasteiger partial charge in [-0.3, -0.25) is 24.2 Å². The van der Waals surface area contributed by atoms with E-state index in [4.69, 9.17) is 18.9 Å². The number of aromatic nitrogens is 5. The van der Waals surface area contributed by atoms with Gasteiger partial charge in [-0.2, -0.15) is 0 Å². The fourth-order valence-electron chi connectivity index (χ4n) is 10.5. The molecular formula is C64H84FN11O9S. The Morgan fingerprint density at radius 1 is 0.802 bits per heavy atom. The van der Waals surface area contributed by atoms with Crippen molar-refractivity contribution in [2.45, 2.75) is 135 Å². The van der Waals surface area contributed by atoms with Crippen molar-refractivity contribution >= 4 is 40.7 Å². The lowest BCUT2D eigenvalue weighted by Crippen LogP contribution is -2.57. The first-order valence-corrected chi connectivity index (χ1v) is 30.9. The molecule has 4 amide bonds. The molecule has 6 aromatic rings. The van der Waals surface area contributed by atoms with Crippen LogP contribution in [0.1, 0.15) is 124 Å². The lowest BCUT2D eigenvalue weighted by molar-refractivity contribution is -0.144. The van der Waals surface area contributed by atoms with Crippen LogP contribution in [0.25, 0.3) is 21.8 Å². The van der Waals surface area contributed by atoms with Crippen molar-refractivity contribution < 1.29 is 47.6 Å². The Bertz CT molecular complexity index is 3100. The highest BCUT2D eigenvalue weighted by atomic mass is 32.1. The predicted octanol–water partition coefficient (Wildman–Crippen LogP) is 8.42. The Morgan fingerprint density at radius 2 is 1.50 bits per heavy atom. The van der Waals surface area contributed by atoms with Crippen LogP contribution in [-0.2, 0) is 47.2 Å². The number of halogens is 1. The molecule has 1 unspecified atom stereocenters. The largest absolute Gasteiger partial charge is 0.494 e. The van der Waals surface area contributed by atoms with E-state index in [1.165, 1.54) is 11.0 Å². The zero-order chi connectivity index (χ0) is 60.7. The second-order valence-electron chi connectivity index (χ2n) is 23.1. The van der Waals surface area contributed by atoms with Crippen LogP contribution in [0.15, 0.2) is 96.8 Å². The van der Waals surface area contributed by atoms with Crippen LogP contribution < -0.4 is 31.3 Å². The summed E-state index contributed by atoms with van der Waals surface area (Å²) < 4.78 is 38.0. The quantitative estimate of drug-likeness (QED) is 0.0191. The number of aliphatic hydroxyl groups excluding tert-OH is 1. The molecule has 0 aliphatic carbocycles. The molecule has 20 nitrogen and oxygen atoms in total. The number of benzene rings is 3. The highest BCUT2D eigenvalue weighted by Crippen LogP contribution is 2.35. The minimum atomic E-state index is -0.880. The first kappa shape index (κ1) is 64.8. The molecule has 22 heteroatoms. The molecule has 2 aliphatic heterocycles. The van der Waals surface area contributed by atoms with Gasteiger partial charge in [0.1, 0.15) is 23.7 Å². The number of nitrogens with one attached hydrogen (secondary N) is 6. The van der Waals surface area contributed by atoms with E-state index in [1.54, 1.807) is 48.0 Å². The molecule has 0 spiro atoms. The van der Waals surface area contributed by atoms with Crippen LogP contribution in [0.4, 0.5) is 10.1 Å². The minimum Gasteiger partial charge on any atom is -0.494 e. The molecule has 2 saturated heterocycles. The summed E-state index contributed by atoms with van der Waals surface area (Å²) in [5.74, 6) is 0.189. The number of H-pyrrole nitrogens is 1. The van der Waals surface area contributed by atoms with E-state index in [9.17, 15) is 28.7 Å². The van der Waals surface area contributed by atoms with Gasteiger partial charge in [0.15, 0.2) is 11.6 Å². The van der Waals surface area contributed by atoms with Crippen molar-refractivity contribution in [3.05, 3.63) is 131 Å². The lowest BCUT2D eigenvalue weighted by atomic mass is 9.85. The van der Waals surface area contributed by atoms with E-state index in [0.29, 0.717) is 75.4 Å². The van der Waals surface area contributed by atoms with Gasteiger partial charge in [0.2, 0.25) is 17.7 Å². The van der Waals surface area contributed by atoms with Gasteiger partial charge in [-0.05, 0) is 130 Å². The number of hydrogen-bond acceptors (Lipinski definition) is 16. The minimum absolute atomic E-state index is 0.00367. The zero-order valence-corrected chi connectivity index (χ0v) is 50.8. The summed E-state index contributed by atoms with van der Waals surface area (Å²) in [5.41, 5.74) is 5.99. The summed E-state index contributed by atoms with van der Waals surface area (Å²) in [6, 6.07) is 21.8. The van der Waals surface area contributed by atoms with Crippen LogP contribution in [0, 0.1) is 18.2 Å². The Morgan fingerprint density at radius 3 is 2.20 bits per heavy atom. The summed E-state index contributed by atoms with van der Waals surface area (Å²) >= 11 is 1.58. The van der Waals surface area contributed by atoms with Gasteiger partial charge in [-0.15, -0.1) is 21.5 Å². The van der Waals surface area contributed by atoms with Gasteiger partial charge < -0.3 is 60.5 Å². The topological polar surface area (TPSA) is 256 Å². The van der Waals surface area contributed by atoms with Crippen molar-refractivity contribution in [1.82, 2.24) is 51.3 Å². The zero-order valence-electron chi connectivity index (χ0n) is 50.0. The van der Waals surface area contributed by atoms with Gasteiger partial charge in [-0.25, -0.2) is 9.37 Å². The number of carbonyl (C=O) groups is 4. The highest BCUT2D eigenvalue weighted by Gasteiger charge is 2.44. The Kier molecular flexibility index (Phi) is 24.5. The first-order chi connectivity index (χ1) is 41.7. The van der Waals surface area contributed by atoms with E-state index >= 15 is 0 Å². The first-order valence-electron chi connectivity index (χ1n) is 30.1. The number of hydrogen-bond donors (Lipinski definition) is 7. The Labute approximate surface area is 507 Å². The second kappa shape index (κ2) is 32.5. The maximum absolute atomic E-state index is 14.9. The smallest absolute Gasteiger partial charge is 0.251 e. The number of piperidine rings is 1. The number of ether oxygens (including phenoxy) is 4. The monoisotopic (exact) mass is 1200 g/mol. The third-order valence-corrected chi connectivity index (χ3v) is 16.4. The number of pyridine rings is 1. The number of aryl methyl sites for hydroxylation is 1. The van der Waals surface area contributed by atoms with E-state index in [2.05, 4.69) is 51.7 Å². The Hall–Kier alpha value is -7.21. The van der Waals surface area contributed by atoms with E-state index < -0.39 is 35.0 Å². The lowest BCUT2D eigenvalue weighted by Gasteiger charge is -2.37. The molecule has 7 N–H and O–H groups in total. The molecule has 2 aliphatic rings. The number of aliphatic hydroxyl groups is 1. The average Bonchev–Trinajstić information content (AvgIpc) is 3.52. The van der Waals surface area contributed by atoms with E-state index in [0.717, 1.165) is 103 Å². The molecule has 8 rings (SSSR count). The number of unbranched alkanes of at least 4 members (excludes halogenated alkanes) is 5. The number of carbonyl (C=O) groups excluding carboxylic acids is 4. The van der Waals surface area contributed by atoms with Gasteiger partial charge in [0.05, 0.1) is 60.8 Å². The number of amides is 4. The molecule has 3 aromatic carbocycles. The maximum atomic E-state index is 14.9. The molecule has 462 valence electrons. The third kappa shape index (κ3) is 19.1. The number of β-amino-alcohol motifs (C(OH)–C–C–N with tert-alkyl or cyclic N) is 1. The fourth-order valence-corrected chi connectivity index (χ4v) is 11.3. The standard InChI is InChI=1S/C64H84FN11O9S/c1-44-56(86-43-70-44)46-18-16-45(17-19-46)40-68-60(80)54-39-51(77)42-76(54)61(81)57(63(2,3)4)71-55(78)15-8-7-10-31-83-34-36-84-35-33-82-30-9-5-6-11-32-85-52-20-21-53(65)49(38-52)41-69-59(79)48-13-12-14-50(37-48)73-64(24-28-67-29-25-64)62-72-58(74-75-62)47-22-26-66-27-23-47/h12-14,16-23,26-27,37-38,43,51,54,57,67,73,77H,5-11,15,24-25,28-36,39-42H2,1-4H3,(H,68,80)(H,69,79)(H,71,78)(H,72,74,75)/t51-,54+,57?/m1/s1. The van der Waals surface area contributed by atoms with E-state index in [-0.39, 0.29) is 56.1 Å². The van der Waals surface area contributed by atoms with Crippen molar-refractivity contribution in [1.29, 1.82) is 0 Å². The van der Waals surface area contributed by atoms with Crippen LogP contribution in [0.3, 0.4) is 0 Å². The van der Waals surface area contributed by atoms with Crippen molar-refractivity contribution in [3.63, 3.8) is 0 Å². The number of anilines is 1. The molecule has 86 heavy (non-hydrogen) atoms. The van der Waals surface area contributed by atoms with Crippen LogP contribution in [0.5, 0.6) is 5.75 Å². The maximum Gasteiger partial charge on any atom is 0.251 e. The molecule has 0 saturated carbocycles. The molecule has 3 aromatic heterocycles. The normalized spacial score (nSPS) is 16.1. The summed E-state index contributed by atoms with van der Waals surface area (Å²) in [6.45, 7) is 12.9. The molecule has 0 radical (unpaired) electrons. The summed E-state index contributed by atoms with van der Waals surface area (Å²) in [4.78, 5) is 68.3. The third-order valence-electron chi connectivity index (χ3n) is 15.4. The van der Waals surface area contributed by atoms with Crippen molar-refractivity contribution in [3.8, 4) is 27.6 Å². The number of thiazole rings is 1. The number of likely N-dealkylation sites (tertiary alicyclic amines) is 1. The summed E-state index contributed by atoms with van der Waals surface area (Å²) in [7, 11) is 0. The molecule has 2 fully saturated rings. The molecule has 5 heterocycles. The highest BCUT2D eigenvalue weighted by molar-refractivity contribution is 7.13. The van der Waals surface area contributed by atoms with Gasteiger partial charge >= 0.3 is 0 Å². The van der Waals surface area contributed by atoms with Crippen molar-refractivity contribution in [2.24, 2.45) is 5.41 Å². The van der Waals surface area contributed by atoms with E-state index in [1.807, 2.05) is 81.7 Å². The van der Waals surface area contributed by atoms with Gasteiger partial charge in [0, 0.05) is 80.5 Å². The van der Waals surface area contributed by atoms with Crippen LogP contribution >= 0.6 is 11.3 Å². The number of rotatable bonds is 33. The van der Waals surface area contributed by atoms with Crippen LogP contribution in [0.2, 0.25) is 0 Å². The Balaban J connectivity index is 0.622. The SMILES string of the molecule is Cc1ncsc1-c1ccc(CNC(=O)[C@@H]2C[C@@H](O)CN2C(=O)C(NC(=O)CCCCCOCCOCCOCCCCCCOc2ccc(F)c(CNC(=O)c3cccc(NC4(c5nnc(-c6ccncc6)[nH]5)CCNCC4)c3)c2)C(C)(C)C)cc1. The van der Waals surface area contributed by atoms with Gasteiger partial charge in [0.25, 0.3) is 5.91 Å². The molecule has 3 atom stereocenters. The second-order valence-corrected chi connectivity index (χ2v) is 23.9. The van der Waals surface area contributed by atoms with Crippen molar-refractivity contribution in [2.75, 3.05) is 71.2 Å². The average molecular weight is 1200 g/mol. The number of nitrogens with zero attached hydrogens (tertiary/aromatic N) is 5. The molecule has 0 bridgehead atoms. The fraction of sp³-hybridized carbons (Fsp3) is 0.500. The summed E-state index contributed by atoms with van der Waals surface area (Å²) in [6.07, 6.45) is 10.3. The predicted molar refractivity (Wildman–Crippen MR) is 328 cm³/mol. The molecular weight excluding hydrogens is 1120 g/mol. The number of aromatic amines is 1. The van der Waals surface area contributed by atoms with Crippen LogP contribution in [-0.4, -0.2) is 143 Å². The van der Waals surface area contributed by atoms with Gasteiger partial charge in [-0.1, -0.05) is 63.9 Å².